The molecule has 0 fully saturated rings. The van der Waals surface area contributed by atoms with Crippen LogP contribution < -0.4 is 10.1 Å². The van der Waals surface area contributed by atoms with Crippen LogP contribution in [0.15, 0.2) is 18.2 Å². The highest BCUT2D eigenvalue weighted by Crippen LogP contribution is 2.22. The molecule has 0 saturated heterocycles. The topological polar surface area (TPSA) is 39.1 Å². The number of hydrogen-bond donors (Lipinski definition) is 1. The molecule has 0 radical (unpaired) electrons. The Kier molecular flexibility index (Phi) is 5.02. The van der Waals surface area contributed by atoms with Crippen molar-refractivity contribution in [1.29, 1.82) is 0 Å². The summed E-state index contributed by atoms with van der Waals surface area (Å²) in [6, 6.07) is 6.27. The average Bonchev–Trinajstić information content (AvgIpc) is 2.72. The number of nitrogens with one attached hydrogen (secondary N) is 1. The summed E-state index contributed by atoms with van der Waals surface area (Å²) in [5.41, 5.74) is 6.11. The molecule has 0 atom stereocenters. The van der Waals surface area contributed by atoms with Gasteiger partial charge < -0.3 is 10.1 Å². The van der Waals surface area contributed by atoms with E-state index in [1.54, 1.807) is 7.11 Å². The minimum atomic E-state index is 0.747. The number of likely N-dealkylation sites (N-methyl/N-ethyl adjacent to an activating group) is 1. The first-order chi connectivity index (χ1) is 10.1. The molecule has 0 aliphatic heterocycles. The molecule has 21 heavy (non-hydrogen) atoms. The van der Waals surface area contributed by atoms with E-state index in [0.717, 1.165) is 31.0 Å². The van der Waals surface area contributed by atoms with Crippen LogP contribution in [0.25, 0.3) is 0 Å². The zero-order valence-corrected chi connectivity index (χ0v) is 13.7. The van der Waals surface area contributed by atoms with Gasteiger partial charge in [0.1, 0.15) is 5.75 Å². The first-order valence-corrected chi connectivity index (χ1v) is 7.37. The monoisotopic (exact) mass is 287 g/mol. The number of benzene rings is 1. The maximum Gasteiger partial charge on any atom is 0.123 e. The molecule has 0 aliphatic carbocycles. The van der Waals surface area contributed by atoms with Crippen molar-refractivity contribution in [3.8, 4) is 5.75 Å². The van der Waals surface area contributed by atoms with E-state index in [-0.39, 0.29) is 0 Å². The van der Waals surface area contributed by atoms with Crippen molar-refractivity contribution in [3.05, 3.63) is 46.3 Å². The number of hydrogen-bond acceptors (Lipinski definition) is 3. The second kappa shape index (κ2) is 6.76. The standard InChI is InChI=1S/C17H25N3O/c1-12-6-7-17(21-5)15(10-12)11-20-14(3)16(8-9-18-4)13(2)19-20/h6-7,10,18H,8-9,11H2,1-5H3. The Labute approximate surface area is 127 Å². The maximum absolute atomic E-state index is 5.46. The Morgan fingerprint density at radius 1 is 1.24 bits per heavy atom. The van der Waals surface area contributed by atoms with E-state index in [4.69, 9.17) is 9.84 Å². The molecule has 0 bridgehead atoms. The third kappa shape index (κ3) is 3.45. The van der Waals surface area contributed by atoms with Gasteiger partial charge in [-0.05, 0) is 52.4 Å². The summed E-state index contributed by atoms with van der Waals surface area (Å²) in [5, 5.41) is 7.90. The lowest BCUT2D eigenvalue weighted by Crippen LogP contribution is -2.11. The Morgan fingerprint density at radius 2 is 2.00 bits per heavy atom. The van der Waals surface area contributed by atoms with E-state index in [0.29, 0.717) is 0 Å². The molecule has 1 aromatic heterocycles. The van der Waals surface area contributed by atoms with Crippen LogP contribution in [0, 0.1) is 20.8 Å². The number of rotatable bonds is 6. The second-order valence-corrected chi connectivity index (χ2v) is 5.48. The van der Waals surface area contributed by atoms with Crippen molar-refractivity contribution < 1.29 is 4.74 Å². The minimum Gasteiger partial charge on any atom is -0.496 e. The largest absolute Gasteiger partial charge is 0.496 e. The van der Waals surface area contributed by atoms with Crippen molar-refractivity contribution in [2.24, 2.45) is 0 Å². The fourth-order valence-electron chi connectivity index (χ4n) is 2.69. The lowest BCUT2D eigenvalue weighted by atomic mass is 10.1. The van der Waals surface area contributed by atoms with Crippen molar-refractivity contribution in [3.63, 3.8) is 0 Å². The summed E-state index contributed by atoms with van der Waals surface area (Å²) in [5.74, 6) is 0.921. The summed E-state index contributed by atoms with van der Waals surface area (Å²) in [6.45, 7) is 8.05. The molecule has 0 spiro atoms. The van der Waals surface area contributed by atoms with Gasteiger partial charge in [0.25, 0.3) is 0 Å². The van der Waals surface area contributed by atoms with Crippen molar-refractivity contribution >= 4 is 0 Å². The number of aromatic nitrogens is 2. The highest BCUT2D eigenvalue weighted by molar-refractivity contribution is 5.37. The summed E-state index contributed by atoms with van der Waals surface area (Å²) in [7, 11) is 3.69. The predicted octanol–water partition coefficient (Wildman–Crippen LogP) is 2.63. The van der Waals surface area contributed by atoms with Gasteiger partial charge >= 0.3 is 0 Å². The van der Waals surface area contributed by atoms with Crippen LogP contribution in [0.4, 0.5) is 0 Å². The third-order valence-corrected chi connectivity index (χ3v) is 3.91. The number of nitrogens with zero attached hydrogens (tertiary/aromatic N) is 2. The van der Waals surface area contributed by atoms with E-state index in [9.17, 15) is 0 Å². The van der Waals surface area contributed by atoms with Gasteiger partial charge in [0, 0.05) is 11.3 Å². The molecular formula is C17H25N3O. The highest BCUT2D eigenvalue weighted by Gasteiger charge is 2.13. The van der Waals surface area contributed by atoms with E-state index in [1.165, 1.54) is 22.4 Å². The average molecular weight is 287 g/mol. The van der Waals surface area contributed by atoms with Crippen LogP contribution >= 0.6 is 0 Å². The summed E-state index contributed by atoms with van der Waals surface area (Å²) in [4.78, 5) is 0. The molecule has 0 aliphatic rings. The molecular weight excluding hydrogens is 262 g/mol. The van der Waals surface area contributed by atoms with Crippen molar-refractivity contribution in [2.45, 2.75) is 33.7 Å². The van der Waals surface area contributed by atoms with Crippen LogP contribution in [0.2, 0.25) is 0 Å². The summed E-state index contributed by atoms with van der Waals surface area (Å²) < 4.78 is 7.54. The van der Waals surface area contributed by atoms with E-state index in [2.05, 4.69) is 42.9 Å². The van der Waals surface area contributed by atoms with Crippen LogP contribution in [0.3, 0.4) is 0 Å². The SMILES string of the molecule is CNCCc1c(C)nn(Cc2cc(C)ccc2OC)c1C. The van der Waals surface area contributed by atoms with Gasteiger partial charge in [0.2, 0.25) is 0 Å². The van der Waals surface area contributed by atoms with Gasteiger partial charge in [-0.25, -0.2) is 0 Å². The van der Waals surface area contributed by atoms with Crippen LogP contribution in [0.1, 0.15) is 28.1 Å². The molecule has 1 aromatic carbocycles. The van der Waals surface area contributed by atoms with Crippen molar-refractivity contribution in [2.75, 3.05) is 20.7 Å². The Morgan fingerprint density at radius 3 is 2.67 bits per heavy atom. The molecule has 2 rings (SSSR count). The van der Waals surface area contributed by atoms with Crippen LogP contribution in [0.5, 0.6) is 5.75 Å². The van der Waals surface area contributed by atoms with Crippen LogP contribution in [-0.4, -0.2) is 30.5 Å². The fraction of sp³-hybridized carbons (Fsp3) is 0.471. The molecule has 4 heteroatoms. The summed E-state index contributed by atoms with van der Waals surface area (Å²) >= 11 is 0. The lowest BCUT2D eigenvalue weighted by molar-refractivity contribution is 0.407. The van der Waals surface area contributed by atoms with Gasteiger partial charge in [-0.2, -0.15) is 5.10 Å². The molecule has 1 N–H and O–H groups in total. The first-order valence-electron chi connectivity index (χ1n) is 7.37. The van der Waals surface area contributed by atoms with E-state index < -0.39 is 0 Å². The van der Waals surface area contributed by atoms with Crippen LogP contribution in [-0.2, 0) is 13.0 Å². The van der Waals surface area contributed by atoms with Gasteiger partial charge in [-0.1, -0.05) is 17.7 Å². The zero-order chi connectivity index (χ0) is 15.4. The molecule has 4 nitrogen and oxygen atoms in total. The number of methoxy groups -OCH3 is 1. The third-order valence-electron chi connectivity index (χ3n) is 3.91. The Bertz CT molecular complexity index is 617. The predicted molar refractivity (Wildman–Crippen MR) is 86.2 cm³/mol. The number of aryl methyl sites for hydroxylation is 2. The molecule has 0 saturated carbocycles. The fourth-order valence-corrected chi connectivity index (χ4v) is 2.69. The number of ether oxygens (including phenoxy) is 1. The molecule has 1 heterocycles. The van der Waals surface area contributed by atoms with E-state index >= 15 is 0 Å². The molecule has 0 unspecified atom stereocenters. The Balaban J connectivity index is 2.30. The smallest absolute Gasteiger partial charge is 0.123 e. The normalized spacial score (nSPS) is 10.9. The van der Waals surface area contributed by atoms with Gasteiger partial charge in [0.15, 0.2) is 0 Å². The molecule has 0 amide bonds. The lowest BCUT2D eigenvalue weighted by Gasteiger charge is -2.11. The quantitative estimate of drug-likeness (QED) is 0.887. The maximum atomic E-state index is 5.46. The van der Waals surface area contributed by atoms with E-state index in [1.807, 2.05) is 13.1 Å². The van der Waals surface area contributed by atoms with Gasteiger partial charge in [-0.15, -0.1) is 0 Å². The highest BCUT2D eigenvalue weighted by atomic mass is 16.5. The minimum absolute atomic E-state index is 0.747. The first kappa shape index (κ1) is 15.6. The molecule has 114 valence electrons. The van der Waals surface area contributed by atoms with Gasteiger partial charge in [-0.3, -0.25) is 4.68 Å². The summed E-state index contributed by atoms with van der Waals surface area (Å²) in [6.07, 6.45) is 1.01. The zero-order valence-electron chi connectivity index (χ0n) is 13.7. The van der Waals surface area contributed by atoms with Crippen molar-refractivity contribution in [1.82, 2.24) is 15.1 Å². The van der Waals surface area contributed by atoms with Gasteiger partial charge in [0.05, 0.1) is 19.3 Å². The molecule has 2 aromatic rings. The second-order valence-electron chi connectivity index (χ2n) is 5.48. The Hall–Kier alpha value is -1.81.